The van der Waals surface area contributed by atoms with E-state index in [-0.39, 0.29) is 0 Å². The first kappa shape index (κ1) is 18.4. The molecule has 0 unspecified atom stereocenters. The van der Waals surface area contributed by atoms with Crippen molar-refractivity contribution in [2.45, 2.75) is 9.79 Å². The highest BCUT2D eigenvalue weighted by Crippen LogP contribution is 2.30. The number of benzene rings is 4. The summed E-state index contributed by atoms with van der Waals surface area (Å²) in [6.45, 7) is 0. The average Bonchev–Trinajstić information content (AvgIpc) is 2.74. The molecular weight excluding hydrogens is 374 g/mol. The molecule has 4 heteroatoms. The number of halogens is 2. The van der Waals surface area contributed by atoms with E-state index >= 15 is 0 Å². The Balaban J connectivity index is 1.64. The van der Waals surface area contributed by atoms with Gasteiger partial charge >= 0.3 is 0 Å². The first-order chi connectivity index (χ1) is 13.6. The van der Waals surface area contributed by atoms with Gasteiger partial charge in [0.2, 0.25) is 0 Å². The minimum Gasteiger partial charge on any atom is -0.606 e. The highest BCUT2D eigenvalue weighted by atomic mass is 32.2. The van der Waals surface area contributed by atoms with Crippen LogP contribution in [0.3, 0.4) is 0 Å². The van der Waals surface area contributed by atoms with Gasteiger partial charge in [-0.3, -0.25) is 0 Å². The second-order valence-corrected chi connectivity index (χ2v) is 7.76. The van der Waals surface area contributed by atoms with Crippen molar-refractivity contribution in [1.29, 1.82) is 0 Å². The van der Waals surface area contributed by atoms with Crippen LogP contribution in [0.5, 0.6) is 0 Å². The molecule has 0 aromatic heterocycles. The maximum atomic E-state index is 14.6. The van der Waals surface area contributed by atoms with E-state index in [0.717, 1.165) is 11.1 Å². The maximum absolute atomic E-state index is 14.6. The van der Waals surface area contributed by atoms with Crippen LogP contribution in [0.2, 0.25) is 0 Å². The van der Waals surface area contributed by atoms with Gasteiger partial charge in [-0.05, 0) is 35.4 Å². The predicted molar refractivity (Wildman–Crippen MR) is 108 cm³/mol. The van der Waals surface area contributed by atoms with E-state index in [1.807, 2.05) is 60.7 Å². The largest absolute Gasteiger partial charge is 0.606 e. The molecule has 0 aliphatic rings. The van der Waals surface area contributed by atoms with Crippen molar-refractivity contribution in [3.63, 3.8) is 0 Å². The van der Waals surface area contributed by atoms with Crippen LogP contribution in [0.15, 0.2) is 107 Å². The summed E-state index contributed by atoms with van der Waals surface area (Å²) in [7, 11) is 0. The van der Waals surface area contributed by atoms with Crippen LogP contribution in [0.4, 0.5) is 8.78 Å². The molecule has 1 nitrogen and oxygen atoms in total. The van der Waals surface area contributed by atoms with Crippen LogP contribution in [0.1, 0.15) is 0 Å². The fraction of sp³-hybridized carbons (Fsp3) is 0. The SMILES string of the molecule is [O-][S+](c1ccc(-c2ccccc2)c(F)c1)c1ccc(-c2ccccc2)c(F)c1. The zero-order chi connectivity index (χ0) is 19.5. The molecule has 0 amide bonds. The van der Waals surface area contributed by atoms with Crippen LogP contribution in [0.25, 0.3) is 22.3 Å². The van der Waals surface area contributed by atoms with E-state index in [9.17, 15) is 13.3 Å². The number of hydrogen-bond donors (Lipinski definition) is 0. The predicted octanol–water partition coefficient (Wildman–Crippen LogP) is 6.47. The van der Waals surface area contributed by atoms with Crippen LogP contribution in [-0.4, -0.2) is 4.55 Å². The molecule has 0 bridgehead atoms. The lowest BCUT2D eigenvalue weighted by molar-refractivity contribution is 0.587. The highest BCUT2D eigenvalue weighted by molar-refractivity contribution is 7.91. The first-order valence-corrected chi connectivity index (χ1v) is 9.90. The molecule has 0 N–H and O–H groups in total. The molecule has 0 radical (unpaired) electrons. The van der Waals surface area contributed by atoms with Crippen molar-refractivity contribution in [3.05, 3.63) is 109 Å². The van der Waals surface area contributed by atoms with Gasteiger partial charge in [0.05, 0.1) is 0 Å². The monoisotopic (exact) mass is 390 g/mol. The quantitative estimate of drug-likeness (QED) is 0.367. The molecule has 0 atom stereocenters. The fourth-order valence-electron chi connectivity index (χ4n) is 3.06. The Bertz CT molecular complexity index is 1010. The van der Waals surface area contributed by atoms with Crippen LogP contribution >= 0.6 is 0 Å². The van der Waals surface area contributed by atoms with Gasteiger partial charge in [-0.1, -0.05) is 60.7 Å². The molecule has 0 aliphatic carbocycles. The second-order valence-electron chi connectivity index (χ2n) is 6.28. The lowest BCUT2D eigenvalue weighted by Crippen LogP contribution is -2.04. The second kappa shape index (κ2) is 7.97. The summed E-state index contributed by atoms with van der Waals surface area (Å²) in [5, 5.41) is 0. The molecule has 0 spiro atoms. The topological polar surface area (TPSA) is 23.1 Å². The third-order valence-electron chi connectivity index (χ3n) is 4.48. The smallest absolute Gasteiger partial charge is 0.161 e. The highest BCUT2D eigenvalue weighted by Gasteiger charge is 2.19. The van der Waals surface area contributed by atoms with Crippen molar-refractivity contribution in [3.8, 4) is 22.3 Å². The Morgan fingerprint density at radius 1 is 0.536 bits per heavy atom. The Morgan fingerprint density at radius 3 is 1.29 bits per heavy atom. The molecule has 0 aliphatic heterocycles. The van der Waals surface area contributed by atoms with Gasteiger partial charge in [0.1, 0.15) is 11.6 Å². The molecule has 28 heavy (non-hydrogen) atoms. The Labute approximate surface area is 165 Å². The lowest BCUT2D eigenvalue weighted by atomic mass is 10.1. The van der Waals surface area contributed by atoms with Crippen molar-refractivity contribution < 1.29 is 13.3 Å². The number of hydrogen-bond acceptors (Lipinski definition) is 1. The summed E-state index contributed by atoms with van der Waals surface area (Å²) in [4.78, 5) is 0.591. The standard InChI is InChI=1S/C24H16F2OS/c25-23-15-19(11-13-21(23)17-7-3-1-4-8-17)28(27)20-12-14-22(24(26)16-20)18-9-5-2-6-10-18/h1-16H. The van der Waals surface area contributed by atoms with E-state index in [0.29, 0.717) is 20.9 Å². The van der Waals surface area contributed by atoms with E-state index in [2.05, 4.69) is 0 Å². The first-order valence-electron chi connectivity index (χ1n) is 8.75. The van der Waals surface area contributed by atoms with Crippen LogP contribution < -0.4 is 0 Å². The normalized spacial score (nSPS) is 11.0. The molecule has 4 aromatic carbocycles. The van der Waals surface area contributed by atoms with Crippen molar-refractivity contribution in [2.75, 3.05) is 0 Å². The lowest BCUT2D eigenvalue weighted by Gasteiger charge is -2.12. The van der Waals surface area contributed by atoms with Crippen LogP contribution in [-0.2, 0) is 11.2 Å². The van der Waals surface area contributed by atoms with Crippen molar-refractivity contribution in [2.24, 2.45) is 0 Å². The summed E-state index contributed by atoms with van der Waals surface area (Å²) in [5.41, 5.74) is 2.37. The molecule has 0 fully saturated rings. The maximum Gasteiger partial charge on any atom is 0.161 e. The zero-order valence-corrected chi connectivity index (χ0v) is 15.6. The van der Waals surface area contributed by atoms with E-state index < -0.39 is 22.8 Å². The summed E-state index contributed by atoms with van der Waals surface area (Å²) in [5.74, 6) is -0.920. The van der Waals surface area contributed by atoms with Gasteiger partial charge in [0.25, 0.3) is 0 Å². The third-order valence-corrected chi connectivity index (χ3v) is 5.84. The molecule has 138 valence electrons. The summed E-state index contributed by atoms with van der Waals surface area (Å²) in [6.07, 6.45) is 0. The summed E-state index contributed by atoms with van der Waals surface area (Å²) >= 11 is -1.68. The van der Waals surface area contributed by atoms with E-state index in [1.54, 1.807) is 24.3 Å². The molecule has 0 heterocycles. The molecule has 4 rings (SSSR count). The van der Waals surface area contributed by atoms with Gasteiger partial charge in [0.15, 0.2) is 9.79 Å². The zero-order valence-electron chi connectivity index (χ0n) is 14.8. The minimum absolute atomic E-state index is 0.295. The van der Waals surface area contributed by atoms with E-state index in [1.165, 1.54) is 12.1 Å². The fourth-order valence-corrected chi connectivity index (χ4v) is 4.14. The Kier molecular flexibility index (Phi) is 5.24. The van der Waals surface area contributed by atoms with Crippen molar-refractivity contribution >= 4 is 11.2 Å². The van der Waals surface area contributed by atoms with Gasteiger partial charge in [-0.25, -0.2) is 8.78 Å². The van der Waals surface area contributed by atoms with Crippen molar-refractivity contribution in [1.82, 2.24) is 0 Å². The molecule has 0 saturated heterocycles. The minimum atomic E-state index is -1.68. The van der Waals surface area contributed by atoms with Gasteiger partial charge in [-0.2, -0.15) is 0 Å². The van der Waals surface area contributed by atoms with E-state index in [4.69, 9.17) is 0 Å². The van der Waals surface area contributed by atoms with Crippen LogP contribution in [0, 0.1) is 11.6 Å². The third kappa shape index (κ3) is 3.70. The molecular formula is C24H16F2OS. The Morgan fingerprint density at radius 2 is 0.929 bits per heavy atom. The van der Waals surface area contributed by atoms with Gasteiger partial charge in [-0.15, -0.1) is 0 Å². The number of rotatable bonds is 4. The molecule has 0 saturated carbocycles. The average molecular weight is 390 g/mol. The summed E-state index contributed by atoms with van der Waals surface area (Å²) < 4.78 is 42.0. The summed E-state index contributed by atoms with van der Waals surface area (Å²) in [6, 6.07) is 27.2. The van der Waals surface area contributed by atoms with Gasteiger partial charge in [0, 0.05) is 34.4 Å². The van der Waals surface area contributed by atoms with Gasteiger partial charge < -0.3 is 4.55 Å². The Hall–Kier alpha value is -2.95. The molecule has 4 aromatic rings.